The molecule has 0 bridgehead atoms. The number of aliphatic hydroxyl groups is 1. The molecule has 1 fully saturated rings. The molecule has 1 aromatic carbocycles. The minimum atomic E-state index is -0.262. The molecule has 1 aliphatic heterocycles. The Bertz CT molecular complexity index is 478. The Hall–Kier alpha value is -1.59. The van der Waals surface area contributed by atoms with E-state index in [0.717, 1.165) is 32.2 Å². The molecule has 0 spiro atoms. The van der Waals surface area contributed by atoms with E-state index in [1.54, 1.807) is 12.1 Å². The smallest absolute Gasteiger partial charge is 0.241 e. The molecule has 1 aromatic rings. The Kier molecular flexibility index (Phi) is 5.59. The zero-order chi connectivity index (χ0) is 15.2. The van der Waals surface area contributed by atoms with Gasteiger partial charge >= 0.3 is 0 Å². The molecule has 2 rings (SSSR count). The fourth-order valence-corrected chi connectivity index (χ4v) is 2.92. The fraction of sp³-hybridized carbons (Fsp3) is 0.562. The summed E-state index contributed by atoms with van der Waals surface area (Å²) < 4.78 is 0. The van der Waals surface area contributed by atoms with Crippen molar-refractivity contribution in [3.63, 3.8) is 0 Å². The number of anilines is 2. The van der Waals surface area contributed by atoms with Gasteiger partial charge in [0.2, 0.25) is 5.91 Å². The lowest BCUT2D eigenvalue weighted by Crippen LogP contribution is -2.48. The van der Waals surface area contributed by atoms with Crippen molar-refractivity contribution < 1.29 is 9.90 Å². The number of aliphatic hydroxyl groups excluding tert-OH is 1. The van der Waals surface area contributed by atoms with Crippen LogP contribution in [0.2, 0.25) is 0 Å². The summed E-state index contributed by atoms with van der Waals surface area (Å²) in [7, 11) is 0. The van der Waals surface area contributed by atoms with Gasteiger partial charge in [-0.2, -0.15) is 0 Å². The van der Waals surface area contributed by atoms with E-state index in [2.05, 4.69) is 10.2 Å². The first-order chi connectivity index (χ1) is 10.1. The van der Waals surface area contributed by atoms with Crippen molar-refractivity contribution in [1.82, 2.24) is 4.90 Å². The van der Waals surface area contributed by atoms with E-state index in [-0.39, 0.29) is 24.6 Å². The van der Waals surface area contributed by atoms with Crippen molar-refractivity contribution in [2.24, 2.45) is 0 Å². The van der Waals surface area contributed by atoms with Gasteiger partial charge in [0.05, 0.1) is 12.6 Å². The van der Waals surface area contributed by atoms with Gasteiger partial charge in [0.1, 0.15) is 0 Å². The summed E-state index contributed by atoms with van der Waals surface area (Å²) in [4.78, 5) is 14.5. The number of likely N-dealkylation sites (tertiary alicyclic amines) is 1. The van der Waals surface area contributed by atoms with Crippen LogP contribution in [0.4, 0.5) is 11.4 Å². The fourth-order valence-electron chi connectivity index (χ4n) is 2.92. The average molecular weight is 291 g/mol. The Balaban J connectivity index is 2.03. The second-order valence-corrected chi connectivity index (χ2v) is 5.71. The molecule has 0 aliphatic carbocycles. The van der Waals surface area contributed by atoms with Crippen LogP contribution >= 0.6 is 0 Å². The van der Waals surface area contributed by atoms with Gasteiger partial charge in [0, 0.05) is 17.4 Å². The van der Waals surface area contributed by atoms with Crippen LogP contribution in [0.15, 0.2) is 24.3 Å². The second-order valence-electron chi connectivity index (χ2n) is 5.71. The first kappa shape index (κ1) is 15.8. The minimum Gasteiger partial charge on any atom is -0.399 e. The minimum absolute atomic E-state index is 0.0547. The molecule has 5 heteroatoms. The number of nitrogens with two attached hydrogens (primary N) is 1. The number of benzene rings is 1. The van der Waals surface area contributed by atoms with Gasteiger partial charge in [-0.1, -0.05) is 18.9 Å². The average Bonchev–Trinajstić information content (AvgIpc) is 2.71. The normalized spacial score (nSPS) is 21.5. The van der Waals surface area contributed by atoms with Gasteiger partial charge in [0.15, 0.2) is 0 Å². The van der Waals surface area contributed by atoms with E-state index in [9.17, 15) is 9.90 Å². The lowest BCUT2D eigenvalue weighted by atomic mass is 10.1. The molecule has 2 atom stereocenters. The molecule has 1 saturated heterocycles. The number of carbonyl (C=O) groups excluding carboxylic acids is 1. The Morgan fingerprint density at radius 2 is 2.29 bits per heavy atom. The number of rotatable bonds is 4. The molecule has 0 aromatic heterocycles. The molecular formula is C16H25N3O2. The highest BCUT2D eigenvalue weighted by molar-refractivity contribution is 5.94. The first-order valence-electron chi connectivity index (χ1n) is 7.65. The number of carbonyl (C=O) groups is 1. The van der Waals surface area contributed by atoms with Crippen LogP contribution < -0.4 is 11.1 Å². The van der Waals surface area contributed by atoms with E-state index < -0.39 is 0 Å². The van der Waals surface area contributed by atoms with Crippen LogP contribution in [0.25, 0.3) is 0 Å². The van der Waals surface area contributed by atoms with Crippen LogP contribution in [0.1, 0.15) is 32.6 Å². The maximum absolute atomic E-state index is 12.4. The molecule has 1 aliphatic rings. The molecule has 1 heterocycles. The third-order valence-electron chi connectivity index (χ3n) is 4.16. The summed E-state index contributed by atoms with van der Waals surface area (Å²) in [5.74, 6) is -0.0547. The third kappa shape index (κ3) is 4.19. The van der Waals surface area contributed by atoms with Crippen molar-refractivity contribution in [2.75, 3.05) is 24.2 Å². The lowest BCUT2D eigenvalue weighted by Gasteiger charge is -2.33. The maximum atomic E-state index is 12.4. The van der Waals surface area contributed by atoms with Crippen molar-refractivity contribution >= 4 is 17.3 Å². The number of nitrogens with zero attached hydrogens (tertiary/aromatic N) is 1. The summed E-state index contributed by atoms with van der Waals surface area (Å²) in [6.07, 6.45) is 4.31. The Morgan fingerprint density at radius 1 is 1.48 bits per heavy atom. The van der Waals surface area contributed by atoms with Gasteiger partial charge < -0.3 is 16.2 Å². The Labute approximate surface area is 126 Å². The van der Waals surface area contributed by atoms with Crippen molar-refractivity contribution in [1.29, 1.82) is 0 Å². The standard InChI is InChI=1S/C16H25N3O2/c1-12(19-9-4-2-3-8-15(19)11-20)16(21)18-14-7-5-6-13(17)10-14/h5-7,10,12,15,20H,2-4,8-9,11,17H2,1H3,(H,18,21). The number of nitrogen functional groups attached to an aromatic ring is 1. The molecule has 21 heavy (non-hydrogen) atoms. The van der Waals surface area contributed by atoms with Crippen molar-refractivity contribution in [2.45, 2.75) is 44.7 Å². The number of amides is 1. The van der Waals surface area contributed by atoms with E-state index >= 15 is 0 Å². The summed E-state index contributed by atoms with van der Waals surface area (Å²) in [6.45, 7) is 2.86. The molecule has 2 unspecified atom stereocenters. The maximum Gasteiger partial charge on any atom is 0.241 e. The molecular weight excluding hydrogens is 266 g/mol. The summed E-state index contributed by atoms with van der Waals surface area (Å²) in [5, 5.41) is 12.5. The zero-order valence-electron chi connectivity index (χ0n) is 12.6. The summed E-state index contributed by atoms with van der Waals surface area (Å²) in [6, 6.07) is 6.99. The molecule has 0 radical (unpaired) electrons. The van der Waals surface area contributed by atoms with E-state index in [0.29, 0.717) is 11.4 Å². The van der Waals surface area contributed by atoms with Crippen LogP contribution in [0.5, 0.6) is 0 Å². The van der Waals surface area contributed by atoms with Gasteiger partial charge in [-0.05, 0) is 44.5 Å². The molecule has 5 nitrogen and oxygen atoms in total. The Morgan fingerprint density at radius 3 is 3.00 bits per heavy atom. The van der Waals surface area contributed by atoms with E-state index in [1.807, 2.05) is 19.1 Å². The number of hydrogen-bond donors (Lipinski definition) is 3. The monoisotopic (exact) mass is 291 g/mol. The van der Waals surface area contributed by atoms with Gasteiger partial charge in [-0.15, -0.1) is 0 Å². The first-order valence-corrected chi connectivity index (χ1v) is 7.65. The predicted octanol–water partition coefficient (Wildman–Crippen LogP) is 1.83. The second kappa shape index (κ2) is 7.43. The van der Waals surface area contributed by atoms with Gasteiger partial charge in [-0.25, -0.2) is 0 Å². The highest BCUT2D eigenvalue weighted by Crippen LogP contribution is 2.20. The number of nitrogens with one attached hydrogen (secondary N) is 1. The van der Waals surface area contributed by atoms with Crippen LogP contribution in [0, 0.1) is 0 Å². The van der Waals surface area contributed by atoms with Crippen LogP contribution in [0.3, 0.4) is 0 Å². The van der Waals surface area contributed by atoms with Gasteiger partial charge in [-0.3, -0.25) is 9.69 Å². The van der Waals surface area contributed by atoms with Crippen LogP contribution in [-0.2, 0) is 4.79 Å². The predicted molar refractivity (Wildman–Crippen MR) is 85.0 cm³/mol. The summed E-state index contributed by atoms with van der Waals surface area (Å²) >= 11 is 0. The summed E-state index contributed by atoms with van der Waals surface area (Å²) in [5.41, 5.74) is 7.06. The molecule has 116 valence electrons. The zero-order valence-corrected chi connectivity index (χ0v) is 12.6. The molecule has 0 saturated carbocycles. The van der Waals surface area contributed by atoms with Crippen LogP contribution in [-0.4, -0.2) is 41.1 Å². The SMILES string of the molecule is CC(C(=O)Nc1cccc(N)c1)N1CCCCCC1CO. The van der Waals surface area contributed by atoms with E-state index in [1.165, 1.54) is 0 Å². The molecule has 1 amide bonds. The molecule has 4 N–H and O–H groups in total. The quantitative estimate of drug-likeness (QED) is 0.740. The third-order valence-corrected chi connectivity index (χ3v) is 4.16. The van der Waals surface area contributed by atoms with Gasteiger partial charge in [0.25, 0.3) is 0 Å². The number of hydrogen-bond acceptors (Lipinski definition) is 4. The highest BCUT2D eigenvalue weighted by Gasteiger charge is 2.28. The van der Waals surface area contributed by atoms with Crippen molar-refractivity contribution in [3.05, 3.63) is 24.3 Å². The lowest BCUT2D eigenvalue weighted by molar-refractivity contribution is -0.121. The van der Waals surface area contributed by atoms with E-state index in [4.69, 9.17) is 5.73 Å². The largest absolute Gasteiger partial charge is 0.399 e. The topological polar surface area (TPSA) is 78.6 Å². The van der Waals surface area contributed by atoms with Crippen molar-refractivity contribution in [3.8, 4) is 0 Å². The highest BCUT2D eigenvalue weighted by atomic mass is 16.3.